The van der Waals surface area contributed by atoms with Crippen LogP contribution >= 0.6 is 0 Å². The van der Waals surface area contributed by atoms with Crippen molar-refractivity contribution in [2.45, 2.75) is 19.4 Å². The topological polar surface area (TPSA) is 49.4 Å². The fourth-order valence-corrected chi connectivity index (χ4v) is 3.52. The zero-order valence-corrected chi connectivity index (χ0v) is 15.1. The maximum Gasteiger partial charge on any atom is 0.259 e. The molecule has 0 aliphatic carbocycles. The molecule has 0 bridgehead atoms. The molecule has 1 atom stereocenters. The Morgan fingerprint density at radius 2 is 1.67 bits per heavy atom. The van der Waals surface area contributed by atoms with Crippen molar-refractivity contribution in [2.75, 3.05) is 10.2 Å². The lowest BCUT2D eigenvalue weighted by Gasteiger charge is -2.25. The molecule has 3 aromatic carbocycles. The third-order valence-corrected chi connectivity index (χ3v) is 4.80. The van der Waals surface area contributed by atoms with Crippen molar-refractivity contribution >= 4 is 23.2 Å². The number of benzene rings is 3. The number of rotatable bonds is 3. The zero-order chi connectivity index (χ0) is 18.8. The number of amides is 2. The lowest BCUT2D eigenvalue weighted by Crippen LogP contribution is -2.45. The molecule has 134 valence electrons. The maximum absolute atomic E-state index is 13.2. The second-order valence-electron chi connectivity index (χ2n) is 6.75. The van der Waals surface area contributed by atoms with Gasteiger partial charge in [-0.3, -0.25) is 14.5 Å². The van der Waals surface area contributed by atoms with E-state index in [1.165, 1.54) is 0 Å². The minimum absolute atomic E-state index is 0.162. The number of nitrogens with zero attached hydrogens (tertiary/aromatic N) is 1. The van der Waals surface area contributed by atoms with Crippen LogP contribution in [0.4, 0.5) is 11.4 Å². The van der Waals surface area contributed by atoms with Gasteiger partial charge in [0.25, 0.3) is 5.91 Å². The SMILES string of the molecule is Cc1cccc(NC(=O)[C@H]2Cc3ccccc3N2C(=O)c2ccccc2)c1. The summed E-state index contributed by atoms with van der Waals surface area (Å²) in [7, 11) is 0. The van der Waals surface area contributed by atoms with E-state index < -0.39 is 6.04 Å². The number of para-hydroxylation sites is 1. The maximum atomic E-state index is 13.2. The van der Waals surface area contributed by atoms with Gasteiger partial charge in [-0.25, -0.2) is 0 Å². The summed E-state index contributed by atoms with van der Waals surface area (Å²) < 4.78 is 0. The first kappa shape index (κ1) is 17.0. The van der Waals surface area contributed by atoms with E-state index in [4.69, 9.17) is 0 Å². The highest BCUT2D eigenvalue weighted by Gasteiger charge is 2.38. The Morgan fingerprint density at radius 3 is 2.44 bits per heavy atom. The van der Waals surface area contributed by atoms with Crippen LogP contribution in [-0.2, 0) is 11.2 Å². The molecule has 0 fully saturated rings. The fourth-order valence-electron chi connectivity index (χ4n) is 3.52. The smallest absolute Gasteiger partial charge is 0.259 e. The number of nitrogens with one attached hydrogen (secondary N) is 1. The van der Waals surface area contributed by atoms with E-state index in [1.54, 1.807) is 17.0 Å². The Morgan fingerprint density at radius 1 is 0.926 bits per heavy atom. The number of carbonyl (C=O) groups excluding carboxylic acids is 2. The molecule has 4 nitrogen and oxygen atoms in total. The standard InChI is InChI=1S/C23H20N2O2/c1-16-8-7-12-19(14-16)24-22(26)21-15-18-11-5-6-13-20(18)25(21)23(27)17-9-3-2-4-10-17/h2-14,21H,15H2,1H3,(H,24,26)/t21-/m1/s1. The van der Waals surface area contributed by atoms with Gasteiger partial charge in [0, 0.05) is 23.4 Å². The molecular formula is C23H20N2O2. The van der Waals surface area contributed by atoms with E-state index in [1.807, 2.05) is 73.7 Å². The summed E-state index contributed by atoms with van der Waals surface area (Å²) in [5, 5.41) is 2.96. The van der Waals surface area contributed by atoms with Crippen molar-refractivity contribution < 1.29 is 9.59 Å². The zero-order valence-electron chi connectivity index (χ0n) is 15.1. The van der Waals surface area contributed by atoms with Gasteiger partial charge in [-0.05, 0) is 48.4 Å². The first-order chi connectivity index (χ1) is 13.1. The molecule has 4 heteroatoms. The molecule has 0 saturated carbocycles. The third kappa shape index (κ3) is 3.34. The Balaban J connectivity index is 1.66. The van der Waals surface area contributed by atoms with Gasteiger partial charge in [-0.15, -0.1) is 0 Å². The summed E-state index contributed by atoms with van der Waals surface area (Å²) in [6.07, 6.45) is 0.506. The molecule has 0 spiro atoms. The molecule has 1 aliphatic heterocycles. The van der Waals surface area contributed by atoms with Crippen LogP contribution in [0.5, 0.6) is 0 Å². The van der Waals surface area contributed by atoms with Gasteiger partial charge in [0.2, 0.25) is 5.91 Å². The summed E-state index contributed by atoms with van der Waals surface area (Å²) in [6.45, 7) is 1.98. The summed E-state index contributed by atoms with van der Waals surface area (Å²) in [5.41, 5.74) is 4.19. The number of anilines is 2. The van der Waals surface area contributed by atoms with Gasteiger partial charge in [0.15, 0.2) is 0 Å². The predicted octanol–water partition coefficient (Wildman–Crippen LogP) is 4.21. The summed E-state index contributed by atoms with van der Waals surface area (Å²) in [6, 6.07) is 23.9. The van der Waals surface area contributed by atoms with Gasteiger partial charge in [0.1, 0.15) is 6.04 Å². The van der Waals surface area contributed by atoms with Crippen LogP contribution in [0.15, 0.2) is 78.9 Å². The van der Waals surface area contributed by atoms with Gasteiger partial charge >= 0.3 is 0 Å². The van der Waals surface area contributed by atoms with Gasteiger partial charge in [-0.2, -0.15) is 0 Å². The van der Waals surface area contributed by atoms with Crippen LogP contribution < -0.4 is 10.2 Å². The highest BCUT2D eigenvalue weighted by atomic mass is 16.2. The Kier molecular flexibility index (Phi) is 4.47. The van der Waals surface area contributed by atoms with Crippen LogP contribution in [0, 0.1) is 6.92 Å². The number of hydrogen-bond donors (Lipinski definition) is 1. The molecule has 4 rings (SSSR count). The third-order valence-electron chi connectivity index (χ3n) is 4.80. The monoisotopic (exact) mass is 356 g/mol. The number of carbonyl (C=O) groups is 2. The van der Waals surface area contributed by atoms with Gasteiger partial charge in [-0.1, -0.05) is 48.5 Å². The summed E-state index contributed by atoms with van der Waals surface area (Å²) >= 11 is 0. The average Bonchev–Trinajstić information content (AvgIpc) is 3.08. The molecular weight excluding hydrogens is 336 g/mol. The largest absolute Gasteiger partial charge is 0.324 e. The summed E-state index contributed by atoms with van der Waals surface area (Å²) in [5.74, 6) is -0.342. The van der Waals surface area contributed by atoms with Crippen molar-refractivity contribution in [1.29, 1.82) is 0 Å². The molecule has 2 amide bonds. The first-order valence-corrected chi connectivity index (χ1v) is 8.97. The quantitative estimate of drug-likeness (QED) is 0.764. The second kappa shape index (κ2) is 7.08. The van der Waals surface area contributed by atoms with Crippen molar-refractivity contribution in [3.8, 4) is 0 Å². The van der Waals surface area contributed by atoms with Crippen molar-refractivity contribution in [3.63, 3.8) is 0 Å². The van der Waals surface area contributed by atoms with Crippen molar-refractivity contribution in [3.05, 3.63) is 95.6 Å². The number of hydrogen-bond acceptors (Lipinski definition) is 2. The van der Waals surface area contributed by atoms with Crippen molar-refractivity contribution in [1.82, 2.24) is 0 Å². The molecule has 0 unspecified atom stereocenters. The second-order valence-corrected chi connectivity index (χ2v) is 6.75. The van der Waals surface area contributed by atoms with E-state index in [0.717, 1.165) is 22.5 Å². The van der Waals surface area contributed by atoms with E-state index in [0.29, 0.717) is 12.0 Å². The van der Waals surface area contributed by atoms with E-state index in [-0.39, 0.29) is 11.8 Å². The van der Waals surface area contributed by atoms with Crippen LogP contribution in [0.1, 0.15) is 21.5 Å². The normalized spacial score (nSPS) is 15.3. The average molecular weight is 356 g/mol. The summed E-state index contributed by atoms with van der Waals surface area (Å²) in [4.78, 5) is 27.8. The van der Waals surface area contributed by atoms with Crippen LogP contribution in [-0.4, -0.2) is 17.9 Å². The van der Waals surface area contributed by atoms with Crippen LogP contribution in [0.3, 0.4) is 0 Å². The highest BCUT2D eigenvalue weighted by Crippen LogP contribution is 2.34. The van der Waals surface area contributed by atoms with Crippen molar-refractivity contribution in [2.24, 2.45) is 0 Å². The van der Waals surface area contributed by atoms with Gasteiger partial charge < -0.3 is 5.32 Å². The van der Waals surface area contributed by atoms with Crippen LogP contribution in [0.25, 0.3) is 0 Å². The fraction of sp³-hybridized carbons (Fsp3) is 0.130. The molecule has 0 radical (unpaired) electrons. The molecule has 1 N–H and O–H groups in total. The van der Waals surface area contributed by atoms with Crippen LogP contribution in [0.2, 0.25) is 0 Å². The molecule has 0 aromatic heterocycles. The molecule has 1 aliphatic rings. The Hall–Kier alpha value is -3.40. The predicted molar refractivity (Wildman–Crippen MR) is 107 cm³/mol. The molecule has 3 aromatic rings. The van der Waals surface area contributed by atoms with Gasteiger partial charge in [0.05, 0.1) is 0 Å². The Bertz CT molecular complexity index is 998. The molecule has 0 saturated heterocycles. The van der Waals surface area contributed by atoms with E-state index in [9.17, 15) is 9.59 Å². The number of fused-ring (bicyclic) bond motifs is 1. The first-order valence-electron chi connectivity index (χ1n) is 8.97. The van der Waals surface area contributed by atoms with E-state index >= 15 is 0 Å². The minimum Gasteiger partial charge on any atom is -0.324 e. The lowest BCUT2D eigenvalue weighted by atomic mass is 10.1. The molecule has 1 heterocycles. The minimum atomic E-state index is -0.574. The Labute approximate surface area is 158 Å². The lowest BCUT2D eigenvalue weighted by molar-refractivity contribution is -0.117. The van der Waals surface area contributed by atoms with E-state index in [2.05, 4.69) is 5.32 Å². The highest BCUT2D eigenvalue weighted by molar-refractivity contribution is 6.13. The number of aryl methyl sites for hydroxylation is 1. The molecule has 27 heavy (non-hydrogen) atoms.